The molecule has 1 fully saturated rings. The van der Waals surface area contributed by atoms with Crippen LogP contribution in [0.3, 0.4) is 0 Å². The number of nitrogens with zero attached hydrogens (tertiary/aromatic N) is 4. The maximum absolute atomic E-state index is 10.1. The van der Waals surface area contributed by atoms with Gasteiger partial charge in [-0.2, -0.15) is 0 Å². The number of hydrogen-bond donors (Lipinski definition) is 2. The second-order valence-electron chi connectivity index (χ2n) is 6.10. The van der Waals surface area contributed by atoms with Crippen LogP contribution >= 0.6 is 0 Å². The van der Waals surface area contributed by atoms with Gasteiger partial charge in [0.25, 0.3) is 0 Å². The molecule has 2 aliphatic rings. The average Bonchev–Trinajstić information content (AvgIpc) is 2.61. The van der Waals surface area contributed by atoms with Crippen LogP contribution in [0.2, 0.25) is 0 Å². The Morgan fingerprint density at radius 3 is 2.96 bits per heavy atom. The Morgan fingerprint density at radius 2 is 2.13 bits per heavy atom. The van der Waals surface area contributed by atoms with Gasteiger partial charge < -0.3 is 15.3 Å². The normalized spacial score (nSPS) is 20.6. The van der Waals surface area contributed by atoms with Gasteiger partial charge in [0.05, 0.1) is 17.4 Å². The van der Waals surface area contributed by atoms with Gasteiger partial charge in [-0.3, -0.25) is 4.90 Å². The van der Waals surface area contributed by atoms with Gasteiger partial charge >= 0.3 is 0 Å². The molecule has 0 saturated carbocycles. The van der Waals surface area contributed by atoms with Crippen molar-refractivity contribution < 1.29 is 5.11 Å². The molecule has 0 bridgehead atoms. The Kier molecular flexibility index (Phi) is 3.53. The monoisotopic (exact) mass is 311 g/mol. The topological polar surface area (TPSA) is 64.5 Å². The first-order valence-corrected chi connectivity index (χ1v) is 8.15. The molecule has 1 aromatic heterocycles. The number of aromatic hydroxyl groups is 1. The van der Waals surface area contributed by atoms with E-state index in [2.05, 4.69) is 32.2 Å². The summed E-state index contributed by atoms with van der Waals surface area (Å²) in [6.07, 6.45) is 0. The van der Waals surface area contributed by atoms with E-state index in [0.717, 1.165) is 49.8 Å². The van der Waals surface area contributed by atoms with Crippen LogP contribution in [-0.2, 0) is 0 Å². The van der Waals surface area contributed by atoms with Crippen molar-refractivity contribution in [1.82, 2.24) is 15.1 Å². The lowest BCUT2D eigenvalue weighted by molar-refractivity contribution is 0.235. The molecule has 0 aliphatic carbocycles. The zero-order valence-corrected chi connectivity index (χ0v) is 13.2. The Labute approximate surface area is 135 Å². The van der Waals surface area contributed by atoms with Crippen molar-refractivity contribution >= 4 is 11.5 Å². The van der Waals surface area contributed by atoms with E-state index in [0.29, 0.717) is 11.7 Å². The third-order valence-electron chi connectivity index (χ3n) is 4.78. The summed E-state index contributed by atoms with van der Waals surface area (Å²) in [5.74, 6) is 1.07. The predicted octanol–water partition coefficient (Wildman–Crippen LogP) is 1.79. The zero-order valence-electron chi connectivity index (χ0n) is 13.2. The summed E-state index contributed by atoms with van der Waals surface area (Å²) >= 11 is 0. The molecule has 0 spiro atoms. The first-order chi connectivity index (χ1) is 11.3. The number of likely N-dealkylation sites (N-methyl/N-ethyl adjacent to an activating group) is 1. The van der Waals surface area contributed by atoms with Crippen LogP contribution in [0.15, 0.2) is 30.3 Å². The van der Waals surface area contributed by atoms with E-state index in [9.17, 15) is 5.11 Å². The maximum Gasteiger partial charge on any atom is 0.172 e. The van der Waals surface area contributed by atoms with Crippen molar-refractivity contribution in [2.45, 2.75) is 13.0 Å². The molecule has 1 atom stereocenters. The predicted molar refractivity (Wildman–Crippen MR) is 90.9 cm³/mol. The van der Waals surface area contributed by atoms with E-state index in [1.807, 2.05) is 24.3 Å². The highest BCUT2D eigenvalue weighted by Gasteiger charge is 2.32. The van der Waals surface area contributed by atoms with Gasteiger partial charge in [-0.15, -0.1) is 10.2 Å². The van der Waals surface area contributed by atoms with Crippen molar-refractivity contribution in [3.63, 3.8) is 0 Å². The van der Waals surface area contributed by atoms with Gasteiger partial charge in [-0.1, -0.05) is 19.1 Å². The number of piperazine rings is 1. The van der Waals surface area contributed by atoms with Gasteiger partial charge in [0.1, 0.15) is 5.75 Å². The minimum absolute atomic E-state index is 0.234. The van der Waals surface area contributed by atoms with Crippen LogP contribution in [0.5, 0.6) is 5.75 Å². The van der Waals surface area contributed by atoms with Crippen LogP contribution in [0.25, 0.3) is 11.3 Å². The summed E-state index contributed by atoms with van der Waals surface area (Å²) in [5.41, 5.74) is 2.52. The van der Waals surface area contributed by atoms with Crippen molar-refractivity contribution in [1.29, 1.82) is 0 Å². The number of aromatic nitrogens is 2. The minimum Gasteiger partial charge on any atom is -0.507 e. The van der Waals surface area contributed by atoms with E-state index in [-0.39, 0.29) is 5.75 Å². The number of anilines is 2. The number of hydrogen-bond acceptors (Lipinski definition) is 6. The molecule has 23 heavy (non-hydrogen) atoms. The molecule has 120 valence electrons. The third-order valence-corrected chi connectivity index (χ3v) is 4.78. The van der Waals surface area contributed by atoms with Gasteiger partial charge in [0, 0.05) is 31.7 Å². The fourth-order valence-corrected chi connectivity index (χ4v) is 3.46. The number of phenols is 1. The van der Waals surface area contributed by atoms with Crippen molar-refractivity contribution in [3.05, 3.63) is 30.3 Å². The van der Waals surface area contributed by atoms with E-state index >= 15 is 0 Å². The van der Waals surface area contributed by atoms with Crippen LogP contribution in [0.1, 0.15) is 6.92 Å². The quantitative estimate of drug-likeness (QED) is 0.881. The molecular formula is C17H21N5O. The molecule has 3 heterocycles. The smallest absolute Gasteiger partial charge is 0.172 e. The van der Waals surface area contributed by atoms with Gasteiger partial charge in [0.2, 0.25) is 0 Å². The van der Waals surface area contributed by atoms with E-state index < -0.39 is 0 Å². The van der Waals surface area contributed by atoms with E-state index in [1.165, 1.54) is 0 Å². The van der Waals surface area contributed by atoms with Gasteiger partial charge in [0.15, 0.2) is 5.82 Å². The Hall–Kier alpha value is -2.34. The largest absolute Gasteiger partial charge is 0.507 e. The highest BCUT2D eigenvalue weighted by molar-refractivity contribution is 5.76. The second-order valence-corrected chi connectivity index (χ2v) is 6.10. The number of fused-ring (bicyclic) bond motifs is 3. The van der Waals surface area contributed by atoms with Crippen molar-refractivity contribution in [2.24, 2.45) is 0 Å². The molecule has 2 N–H and O–H groups in total. The first-order valence-electron chi connectivity index (χ1n) is 8.15. The Bertz CT molecular complexity index is 720. The number of nitrogens with one attached hydrogen (secondary N) is 1. The number of phenolic OH excluding ortho intramolecular Hbond substituents is 1. The van der Waals surface area contributed by atoms with Gasteiger partial charge in [-0.25, -0.2) is 0 Å². The first kappa shape index (κ1) is 14.3. The molecule has 6 heteroatoms. The summed E-state index contributed by atoms with van der Waals surface area (Å²) in [6.45, 7) is 7.33. The molecule has 1 saturated heterocycles. The summed E-state index contributed by atoms with van der Waals surface area (Å²) in [4.78, 5) is 4.91. The number of benzene rings is 1. The zero-order chi connectivity index (χ0) is 15.8. The highest BCUT2D eigenvalue weighted by atomic mass is 16.3. The average molecular weight is 311 g/mol. The standard InChI is InChI=1S/C17H21N5O/c1-2-21-7-8-22-12(11-21)10-18-17-15(22)9-14(19-20-17)13-5-3-4-6-16(13)23/h3-6,9,12,23H,2,7-8,10-11H2,1H3,(H,18,20)/t12-/m0/s1. The fourth-order valence-electron chi connectivity index (χ4n) is 3.46. The molecule has 1 aromatic carbocycles. The highest BCUT2D eigenvalue weighted by Crippen LogP contribution is 2.35. The van der Waals surface area contributed by atoms with E-state index in [1.54, 1.807) is 6.07 Å². The Morgan fingerprint density at radius 1 is 1.26 bits per heavy atom. The molecule has 2 aromatic rings. The molecule has 6 nitrogen and oxygen atoms in total. The lowest BCUT2D eigenvalue weighted by Crippen LogP contribution is -2.57. The summed E-state index contributed by atoms with van der Waals surface area (Å²) in [6, 6.07) is 9.76. The van der Waals surface area contributed by atoms with Crippen LogP contribution < -0.4 is 10.2 Å². The van der Waals surface area contributed by atoms with Crippen LogP contribution in [-0.4, -0.2) is 59.0 Å². The summed E-state index contributed by atoms with van der Waals surface area (Å²) in [5, 5.41) is 22.1. The molecule has 4 rings (SSSR count). The Balaban J connectivity index is 1.70. The molecule has 0 radical (unpaired) electrons. The SMILES string of the molecule is CCN1CCN2c3cc(-c4ccccc4O)nnc3NC[C@H]2C1. The molecule has 0 unspecified atom stereocenters. The molecular weight excluding hydrogens is 290 g/mol. The lowest BCUT2D eigenvalue weighted by atomic mass is 10.1. The van der Waals surface area contributed by atoms with Crippen molar-refractivity contribution in [2.75, 3.05) is 42.9 Å². The number of para-hydroxylation sites is 1. The summed E-state index contributed by atoms with van der Waals surface area (Å²) in [7, 11) is 0. The number of rotatable bonds is 2. The minimum atomic E-state index is 0.234. The second kappa shape index (κ2) is 5.70. The molecule has 2 aliphatic heterocycles. The van der Waals surface area contributed by atoms with Gasteiger partial charge in [-0.05, 0) is 24.7 Å². The van der Waals surface area contributed by atoms with Crippen LogP contribution in [0.4, 0.5) is 11.5 Å². The van der Waals surface area contributed by atoms with Crippen LogP contribution in [0, 0.1) is 0 Å². The van der Waals surface area contributed by atoms with E-state index in [4.69, 9.17) is 0 Å². The fraction of sp³-hybridized carbons (Fsp3) is 0.412. The van der Waals surface area contributed by atoms with Crippen molar-refractivity contribution in [3.8, 4) is 17.0 Å². The maximum atomic E-state index is 10.1. The lowest BCUT2D eigenvalue weighted by Gasteiger charge is -2.45. The summed E-state index contributed by atoms with van der Waals surface area (Å²) < 4.78 is 0. The molecule has 0 amide bonds. The third kappa shape index (κ3) is 2.49.